The highest BCUT2D eigenvalue weighted by atomic mass is 32.1. The number of amides is 4. The number of urea groups is 1. The van der Waals surface area contributed by atoms with E-state index in [1.807, 2.05) is 0 Å². The van der Waals surface area contributed by atoms with Crippen LogP contribution in [-0.4, -0.2) is 58.0 Å². The highest BCUT2D eigenvalue weighted by Crippen LogP contribution is 2.24. The molecule has 4 rings (SSSR count). The van der Waals surface area contributed by atoms with Crippen LogP contribution >= 0.6 is 11.3 Å². The number of anilines is 1. The van der Waals surface area contributed by atoms with Gasteiger partial charge in [0.1, 0.15) is 11.6 Å². The Balaban J connectivity index is 1.62. The highest BCUT2D eigenvalue weighted by Gasteiger charge is 2.44. The lowest BCUT2D eigenvalue weighted by molar-refractivity contribution is -0.138. The summed E-state index contributed by atoms with van der Waals surface area (Å²) >= 11 is 1.17. The molecule has 0 aliphatic carbocycles. The molecule has 0 radical (unpaired) electrons. The summed E-state index contributed by atoms with van der Waals surface area (Å²) in [5.41, 5.74) is 0.490. The molecule has 1 fully saturated rings. The minimum atomic E-state index is -1.42. The third-order valence-corrected chi connectivity index (χ3v) is 6.56. The first-order valence-corrected chi connectivity index (χ1v) is 12.1. The fraction of sp³-hybridized carbons (Fsp3) is 0.200. The zero-order valence-corrected chi connectivity index (χ0v) is 20.1. The number of carbonyl (C=O) groups is 4. The molecule has 12 heteroatoms. The van der Waals surface area contributed by atoms with Crippen LogP contribution in [0.15, 0.2) is 66.0 Å². The van der Waals surface area contributed by atoms with Crippen LogP contribution in [0.25, 0.3) is 0 Å². The van der Waals surface area contributed by atoms with Gasteiger partial charge in [-0.2, -0.15) is 0 Å². The zero-order valence-electron chi connectivity index (χ0n) is 19.3. The van der Waals surface area contributed by atoms with Crippen molar-refractivity contribution in [3.05, 3.63) is 88.1 Å². The number of hydrogen-bond donors (Lipinski definition) is 3. The number of benzene rings is 2. The molecule has 1 aliphatic rings. The number of nitrogens with one attached hydrogen (secondary N) is 2. The molecule has 9 nitrogen and oxygen atoms in total. The maximum Gasteiger partial charge on any atom is 0.323 e. The molecule has 3 aromatic rings. The summed E-state index contributed by atoms with van der Waals surface area (Å²) in [5, 5.41) is 16.2. The first kappa shape index (κ1) is 25.8. The molecule has 2 heterocycles. The average Bonchev–Trinajstić information content (AvgIpc) is 3.54. The number of halogens is 2. The van der Waals surface area contributed by atoms with E-state index in [0.717, 1.165) is 23.1 Å². The summed E-state index contributed by atoms with van der Waals surface area (Å²) in [6, 6.07) is 11.6. The summed E-state index contributed by atoms with van der Waals surface area (Å²) in [5.74, 6) is -3.60. The van der Waals surface area contributed by atoms with Gasteiger partial charge in [-0.1, -0.05) is 24.3 Å². The van der Waals surface area contributed by atoms with E-state index in [1.165, 1.54) is 46.6 Å². The second kappa shape index (κ2) is 11.2. The average molecular weight is 529 g/mol. The SMILES string of the molecule is O=C(O)CC(NC(=O)C1N(C(=O)Nc2cccc(F)c2)CCN1C(=O)c1cccs1)c1ccc(F)cc1. The highest BCUT2D eigenvalue weighted by molar-refractivity contribution is 7.12. The molecule has 0 bridgehead atoms. The van der Waals surface area contributed by atoms with Crippen molar-refractivity contribution in [2.45, 2.75) is 18.6 Å². The summed E-state index contributed by atoms with van der Waals surface area (Å²) in [7, 11) is 0. The fourth-order valence-electron chi connectivity index (χ4n) is 4.01. The molecular weight excluding hydrogens is 506 g/mol. The molecule has 2 aromatic carbocycles. The summed E-state index contributed by atoms with van der Waals surface area (Å²) in [4.78, 5) is 54.0. The van der Waals surface area contributed by atoms with E-state index in [1.54, 1.807) is 17.5 Å². The molecule has 2 atom stereocenters. The van der Waals surface area contributed by atoms with Gasteiger partial charge in [-0.25, -0.2) is 13.6 Å². The fourth-order valence-corrected chi connectivity index (χ4v) is 4.69. The summed E-state index contributed by atoms with van der Waals surface area (Å²) in [6.07, 6.45) is -1.93. The predicted molar refractivity (Wildman–Crippen MR) is 131 cm³/mol. The number of thiophene rings is 1. The van der Waals surface area contributed by atoms with Crippen molar-refractivity contribution in [3.8, 4) is 0 Å². The van der Waals surface area contributed by atoms with Crippen molar-refractivity contribution >= 4 is 40.8 Å². The van der Waals surface area contributed by atoms with E-state index in [2.05, 4.69) is 10.6 Å². The van der Waals surface area contributed by atoms with Crippen molar-refractivity contribution in [2.24, 2.45) is 0 Å². The van der Waals surface area contributed by atoms with Crippen LogP contribution in [0.2, 0.25) is 0 Å². The van der Waals surface area contributed by atoms with Crippen molar-refractivity contribution < 1.29 is 33.1 Å². The molecule has 2 unspecified atom stereocenters. The number of hydrogen-bond acceptors (Lipinski definition) is 5. The molecule has 192 valence electrons. The Morgan fingerprint density at radius 1 is 0.973 bits per heavy atom. The van der Waals surface area contributed by atoms with Crippen molar-refractivity contribution in [1.82, 2.24) is 15.1 Å². The number of nitrogens with zero attached hydrogens (tertiary/aromatic N) is 2. The van der Waals surface area contributed by atoms with Crippen LogP contribution in [0.5, 0.6) is 0 Å². The van der Waals surface area contributed by atoms with Crippen molar-refractivity contribution in [1.29, 1.82) is 0 Å². The molecule has 1 saturated heterocycles. The van der Waals surface area contributed by atoms with E-state index in [0.29, 0.717) is 10.4 Å². The van der Waals surface area contributed by atoms with Gasteiger partial charge in [0, 0.05) is 18.8 Å². The van der Waals surface area contributed by atoms with Gasteiger partial charge in [0.15, 0.2) is 6.17 Å². The Hall–Kier alpha value is -4.32. The first-order valence-electron chi connectivity index (χ1n) is 11.2. The van der Waals surface area contributed by atoms with Crippen molar-refractivity contribution in [3.63, 3.8) is 0 Å². The lowest BCUT2D eigenvalue weighted by Crippen LogP contribution is -2.55. The number of carboxylic acids is 1. The Kier molecular flexibility index (Phi) is 7.77. The van der Waals surface area contributed by atoms with Gasteiger partial charge < -0.3 is 20.6 Å². The van der Waals surface area contributed by atoms with Crippen LogP contribution in [0.3, 0.4) is 0 Å². The molecule has 4 amide bonds. The van der Waals surface area contributed by atoms with Gasteiger partial charge >= 0.3 is 12.0 Å². The van der Waals surface area contributed by atoms with Crippen LogP contribution in [0.4, 0.5) is 19.3 Å². The minimum absolute atomic E-state index is 0.00348. The van der Waals surface area contributed by atoms with Gasteiger partial charge in [-0.15, -0.1) is 11.3 Å². The predicted octanol–water partition coefficient (Wildman–Crippen LogP) is 3.67. The molecule has 3 N–H and O–H groups in total. The van der Waals surface area contributed by atoms with Gasteiger partial charge in [-0.05, 0) is 47.3 Å². The molecular formula is C25H22F2N4O5S. The second-order valence-corrected chi connectivity index (χ2v) is 9.14. The molecule has 0 saturated carbocycles. The van der Waals surface area contributed by atoms with Gasteiger partial charge in [0.2, 0.25) is 0 Å². The zero-order chi connectivity index (χ0) is 26.5. The van der Waals surface area contributed by atoms with E-state index >= 15 is 0 Å². The van der Waals surface area contributed by atoms with Crippen molar-refractivity contribution in [2.75, 3.05) is 18.4 Å². The van der Waals surface area contributed by atoms with Gasteiger partial charge in [0.25, 0.3) is 11.8 Å². The normalized spacial score (nSPS) is 15.8. The second-order valence-electron chi connectivity index (χ2n) is 8.19. The Bertz CT molecular complexity index is 1300. The van der Waals surface area contributed by atoms with Gasteiger partial charge in [0.05, 0.1) is 17.3 Å². The molecule has 37 heavy (non-hydrogen) atoms. The molecule has 0 spiro atoms. The third kappa shape index (κ3) is 6.09. The first-order chi connectivity index (χ1) is 17.7. The Labute approximate surface area is 214 Å². The lowest BCUT2D eigenvalue weighted by atomic mass is 10.0. The topological polar surface area (TPSA) is 119 Å². The van der Waals surface area contributed by atoms with E-state index < -0.39 is 54.1 Å². The van der Waals surface area contributed by atoms with E-state index in [-0.39, 0.29) is 18.8 Å². The number of carboxylic acid groups (broad SMARTS) is 1. The van der Waals surface area contributed by atoms with Crippen LogP contribution < -0.4 is 10.6 Å². The lowest BCUT2D eigenvalue weighted by Gasteiger charge is -2.30. The van der Waals surface area contributed by atoms with Gasteiger partial charge in [-0.3, -0.25) is 19.3 Å². The monoisotopic (exact) mass is 528 g/mol. The maximum atomic E-state index is 13.6. The minimum Gasteiger partial charge on any atom is -0.481 e. The van der Waals surface area contributed by atoms with E-state index in [9.17, 15) is 33.1 Å². The Morgan fingerprint density at radius 2 is 1.70 bits per heavy atom. The number of rotatable bonds is 7. The molecule has 1 aliphatic heterocycles. The molecule has 1 aromatic heterocycles. The summed E-state index contributed by atoms with van der Waals surface area (Å²) in [6.45, 7) is 0.0298. The third-order valence-electron chi connectivity index (χ3n) is 5.70. The Morgan fingerprint density at radius 3 is 2.35 bits per heavy atom. The van der Waals surface area contributed by atoms with Crippen LogP contribution in [0, 0.1) is 11.6 Å². The quantitative estimate of drug-likeness (QED) is 0.432. The standard InChI is InChI=1S/C25H22F2N4O5S/c26-16-8-6-15(7-9-16)19(14-21(32)33)29-22(34)23-30(24(35)20-5-2-12-37-20)10-11-31(23)25(36)28-18-4-1-3-17(27)13-18/h1-9,12-13,19,23H,10-11,14H2,(H,28,36)(H,29,34)(H,32,33). The number of carbonyl (C=O) groups excluding carboxylic acids is 3. The van der Waals surface area contributed by atoms with Crippen LogP contribution in [0.1, 0.15) is 27.7 Å². The van der Waals surface area contributed by atoms with E-state index in [4.69, 9.17) is 0 Å². The maximum absolute atomic E-state index is 13.6. The summed E-state index contributed by atoms with van der Waals surface area (Å²) < 4.78 is 27.0. The smallest absolute Gasteiger partial charge is 0.323 e. The largest absolute Gasteiger partial charge is 0.481 e. The van der Waals surface area contributed by atoms with Crippen LogP contribution in [-0.2, 0) is 9.59 Å². The number of aliphatic carboxylic acids is 1.